The summed E-state index contributed by atoms with van der Waals surface area (Å²) in [4.78, 5) is 4.56. The summed E-state index contributed by atoms with van der Waals surface area (Å²) >= 11 is 0. The molecule has 2 aromatic heterocycles. The lowest BCUT2D eigenvalue weighted by atomic mass is 9.87. The van der Waals surface area contributed by atoms with E-state index in [-0.39, 0.29) is 12.0 Å². The number of benzene rings is 2. The van der Waals surface area contributed by atoms with Crippen molar-refractivity contribution in [2.24, 2.45) is 5.73 Å². The van der Waals surface area contributed by atoms with Gasteiger partial charge >= 0.3 is 0 Å². The number of nitrogens with two attached hydrogens (primary N) is 1. The number of hydrogen-bond acceptors (Lipinski definition) is 5. The summed E-state index contributed by atoms with van der Waals surface area (Å²) < 4.78 is 22.5. The van der Waals surface area contributed by atoms with Crippen molar-refractivity contribution >= 4 is 39.1 Å². The number of fused-ring (bicyclic) bond motifs is 4. The zero-order chi connectivity index (χ0) is 22.5. The second kappa shape index (κ2) is 7.71. The lowest BCUT2D eigenvalue weighted by Gasteiger charge is -2.26. The maximum Gasteiger partial charge on any atom is 0.151 e. The Balaban J connectivity index is 1.59. The van der Waals surface area contributed by atoms with Gasteiger partial charge in [0.05, 0.1) is 17.7 Å². The molecule has 0 bridgehead atoms. The molecular formula is C26H24FN5O. The summed E-state index contributed by atoms with van der Waals surface area (Å²) in [5.41, 5.74) is 13.0. The van der Waals surface area contributed by atoms with E-state index < -0.39 is 0 Å². The molecule has 1 saturated heterocycles. The van der Waals surface area contributed by atoms with E-state index in [1.807, 2.05) is 18.3 Å². The fourth-order valence-corrected chi connectivity index (χ4v) is 4.97. The maximum atomic E-state index is 14.8. The van der Waals surface area contributed by atoms with Gasteiger partial charge in [-0.05, 0) is 49.1 Å². The molecule has 166 valence electrons. The van der Waals surface area contributed by atoms with Crippen LogP contribution in [0.2, 0.25) is 0 Å². The third-order valence-corrected chi connectivity index (χ3v) is 6.55. The Morgan fingerprint density at radius 1 is 1.18 bits per heavy atom. The van der Waals surface area contributed by atoms with E-state index in [0.29, 0.717) is 24.4 Å². The highest BCUT2D eigenvalue weighted by Crippen LogP contribution is 2.42. The van der Waals surface area contributed by atoms with E-state index in [4.69, 9.17) is 10.5 Å². The average Bonchev–Trinajstić information content (AvgIpc) is 3.31. The molecule has 2 aromatic carbocycles. The fraction of sp³-hybridized carbons (Fsp3) is 0.231. The summed E-state index contributed by atoms with van der Waals surface area (Å²) in [6, 6.07) is 9.27. The van der Waals surface area contributed by atoms with Crippen molar-refractivity contribution in [3.63, 3.8) is 0 Å². The Hall–Kier alpha value is -3.71. The van der Waals surface area contributed by atoms with Crippen molar-refractivity contribution in [3.8, 4) is 0 Å². The molecule has 0 amide bonds. The Morgan fingerprint density at radius 2 is 2.09 bits per heavy atom. The third kappa shape index (κ3) is 3.11. The van der Waals surface area contributed by atoms with Crippen molar-refractivity contribution in [1.29, 1.82) is 0 Å². The van der Waals surface area contributed by atoms with Crippen LogP contribution in [-0.2, 0) is 4.74 Å². The molecule has 4 aromatic rings. The van der Waals surface area contributed by atoms with Crippen LogP contribution in [0.25, 0.3) is 33.5 Å². The van der Waals surface area contributed by atoms with E-state index in [1.165, 1.54) is 6.07 Å². The number of rotatable bonds is 3. The zero-order valence-electron chi connectivity index (χ0n) is 18.1. The lowest BCUT2D eigenvalue weighted by Crippen LogP contribution is -2.20. The maximum absolute atomic E-state index is 14.8. The van der Waals surface area contributed by atoms with Gasteiger partial charge in [-0.1, -0.05) is 18.7 Å². The first-order chi connectivity index (χ1) is 16.2. The van der Waals surface area contributed by atoms with E-state index in [2.05, 4.69) is 28.0 Å². The minimum Gasteiger partial charge on any atom is -0.400 e. The topological polar surface area (TPSA) is 78.0 Å². The zero-order valence-corrected chi connectivity index (χ0v) is 18.1. The normalized spacial score (nSPS) is 18.4. The van der Waals surface area contributed by atoms with Crippen LogP contribution in [0.15, 0.2) is 55.0 Å². The molecule has 4 heterocycles. The number of halogens is 1. The quantitative estimate of drug-likeness (QED) is 0.456. The monoisotopic (exact) mass is 441 g/mol. The fourth-order valence-electron chi connectivity index (χ4n) is 4.97. The molecule has 0 radical (unpaired) electrons. The third-order valence-electron chi connectivity index (χ3n) is 6.55. The van der Waals surface area contributed by atoms with Crippen LogP contribution in [-0.4, -0.2) is 27.9 Å². The van der Waals surface area contributed by atoms with E-state index >= 15 is 0 Å². The van der Waals surface area contributed by atoms with Gasteiger partial charge < -0.3 is 15.8 Å². The minimum absolute atomic E-state index is 0.174. The number of nitrogens with one attached hydrogen (secondary N) is 1. The Bertz CT molecular complexity index is 1450. The molecular weight excluding hydrogens is 417 g/mol. The molecule has 6 rings (SSSR count). The van der Waals surface area contributed by atoms with Crippen molar-refractivity contribution in [2.45, 2.75) is 25.5 Å². The summed E-state index contributed by atoms with van der Waals surface area (Å²) in [7, 11) is 0. The first-order valence-electron chi connectivity index (χ1n) is 11.2. The van der Waals surface area contributed by atoms with Crippen LogP contribution in [0.3, 0.4) is 0 Å². The summed E-state index contributed by atoms with van der Waals surface area (Å²) in [6.45, 7) is 5.16. The van der Waals surface area contributed by atoms with Gasteiger partial charge in [-0.2, -0.15) is 5.10 Å². The Kier molecular flexibility index (Phi) is 4.66. The molecule has 33 heavy (non-hydrogen) atoms. The lowest BCUT2D eigenvalue weighted by molar-refractivity contribution is -0.0391. The molecule has 0 aliphatic carbocycles. The predicted octanol–water partition coefficient (Wildman–Crippen LogP) is 5.21. The van der Waals surface area contributed by atoms with Gasteiger partial charge in [-0.15, -0.1) is 0 Å². The molecule has 0 saturated carbocycles. The van der Waals surface area contributed by atoms with Crippen LogP contribution in [0.4, 0.5) is 10.1 Å². The van der Waals surface area contributed by atoms with Gasteiger partial charge in [-0.25, -0.2) is 9.07 Å². The van der Waals surface area contributed by atoms with Crippen LogP contribution in [0.1, 0.15) is 42.2 Å². The van der Waals surface area contributed by atoms with Gasteiger partial charge in [0.1, 0.15) is 11.7 Å². The van der Waals surface area contributed by atoms with Crippen LogP contribution in [0, 0.1) is 5.82 Å². The van der Waals surface area contributed by atoms with Gasteiger partial charge in [-0.3, -0.25) is 4.98 Å². The van der Waals surface area contributed by atoms with Gasteiger partial charge in [0.2, 0.25) is 0 Å². The molecule has 1 atom stereocenters. The summed E-state index contributed by atoms with van der Waals surface area (Å²) in [5, 5.41) is 9.74. The number of pyridine rings is 1. The van der Waals surface area contributed by atoms with E-state index in [0.717, 1.165) is 63.5 Å². The highest BCUT2D eigenvalue weighted by molar-refractivity contribution is 6.08. The number of anilines is 1. The SMILES string of the molecule is C=Cc1cc2c(c3cccnc13)NCC(N)=C2c1ccc(F)c2nn(C3CCCCO3)cc12. The van der Waals surface area contributed by atoms with Crippen molar-refractivity contribution in [3.05, 3.63) is 77.5 Å². The van der Waals surface area contributed by atoms with Gasteiger partial charge in [0.25, 0.3) is 0 Å². The first-order valence-corrected chi connectivity index (χ1v) is 11.2. The summed E-state index contributed by atoms with van der Waals surface area (Å²) in [5.74, 6) is -0.355. The number of ether oxygens (including phenoxy) is 1. The molecule has 0 spiro atoms. The molecule has 7 heteroatoms. The molecule has 2 aliphatic heterocycles. The first kappa shape index (κ1) is 19.9. The average molecular weight is 442 g/mol. The van der Waals surface area contributed by atoms with Gasteiger partial charge in [0.15, 0.2) is 5.82 Å². The van der Waals surface area contributed by atoms with E-state index in [1.54, 1.807) is 23.0 Å². The van der Waals surface area contributed by atoms with Crippen LogP contribution in [0.5, 0.6) is 0 Å². The standard InChI is InChI=1S/C26H24FN5O/c1-2-15-12-18-23(21(28)13-30-25(18)17-6-5-10-29-24(15)17)16-8-9-20(27)26-19(16)14-32(31-26)22-7-3-4-11-33-22/h2,5-6,8-10,12,14,22,30H,1,3-4,7,11,13,28H2. The Morgan fingerprint density at radius 3 is 2.91 bits per heavy atom. The molecule has 1 fully saturated rings. The molecule has 6 nitrogen and oxygen atoms in total. The second-order valence-corrected chi connectivity index (χ2v) is 8.53. The highest BCUT2D eigenvalue weighted by atomic mass is 19.1. The highest BCUT2D eigenvalue weighted by Gasteiger charge is 2.26. The number of aromatic nitrogens is 3. The van der Waals surface area contributed by atoms with Crippen LogP contribution >= 0.6 is 0 Å². The molecule has 1 unspecified atom stereocenters. The van der Waals surface area contributed by atoms with Crippen LogP contribution < -0.4 is 11.1 Å². The smallest absolute Gasteiger partial charge is 0.151 e. The minimum atomic E-state index is -0.355. The number of hydrogen-bond donors (Lipinski definition) is 2. The molecule has 3 N–H and O–H groups in total. The van der Waals surface area contributed by atoms with Crippen molar-refractivity contribution < 1.29 is 9.13 Å². The van der Waals surface area contributed by atoms with Crippen molar-refractivity contribution in [2.75, 3.05) is 18.5 Å². The van der Waals surface area contributed by atoms with Gasteiger partial charge in [0, 0.05) is 52.2 Å². The van der Waals surface area contributed by atoms with E-state index in [9.17, 15) is 4.39 Å². The molecule has 2 aliphatic rings. The number of nitrogens with zero attached hydrogens (tertiary/aromatic N) is 3. The predicted molar refractivity (Wildman–Crippen MR) is 129 cm³/mol. The largest absolute Gasteiger partial charge is 0.400 e. The summed E-state index contributed by atoms with van der Waals surface area (Å²) in [6.07, 6.45) is 8.27. The van der Waals surface area contributed by atoms with Crippen molar-refractivity contribution in [1.82, 2.24) is 14.8 Å². The Labute approximate surface area is 190 Å². The second-order valence-electron chi connectivity index (χ2n) is 8.53.